The second-order valence-corrected chi connectivity index (χ2v) is 7.67. The molecule has 1 aromatic heterocycles. The average molecular weight is 424 g/mol. The van der Waals surface area contributed by atoms with Gasteiger partial charge in [0.05, 0.1) is 4.92 Å². The number of hydrogen-bond donors (Lipinski definition) is 0. The van der Waals surface area contributed by atoms with Crippen molar-refractivity contribution in [2.24, 2.45) is 0 Å². The highest BCUT2D eigenvalue weighted by Crippen LogP contribution is 2.25. The van der Waals surface area contributed by atoms with Crippen LogP contribution in [-0.4, -0.2) is 27.8 Å². The summed E-state index contributed by atoms with van der Waals surface area (Å²) in [6, 6.07) is 21.6. The summed E-state index contributed by atoms with van der Waals surface area (Å²) in [5, 5.41) is 10.7. The van der Waals surface area contributed by atoms with E-state index in [4.69, 9.17) is 4.74 Å². The first kappa shape index (κ1) is 21.2. The minimum Gasteiger partial charge on any atom is -0.448 e. The number of rotatable bonds is 8. The number of hydrogen-bond acceptors (Lipinski definition) is 6. The van der Waals surface area contributed by atoms with E-state index >= 15 is 0 Å². The van der Waals surface area contributed by atoms with Crippen molar-refractivity contribution in [3.05, 3.63) is 98.9 Å². The van der Waals surface area contributed by atoms with Crippen LogP contribution in [0.1, 0.15) is 27.7 Å². The number of nitro groups is 1. The summed E-state index contributed by atoms with van der Waals surface area (Å²) in [7, 11) is 0. The van der Waals surface area contributed by atoms with Crippen molar-refractivity contribution >= 4 is 28.2 Å². The molecule has 154 valence electrons. The van der Waals surface area contributed by atoms with Crippen LogP contribution in [-0.2, 0) is 22.6 Å². The van der Waals surface area contributed by atoms with E-state index < -0.39 is 17.0 Å². The molecule has 0 aliphatic heterocycles. The molecule has 0 bridgehead atoms. The van der Waals surface area contributed by atoms with E-state index in [1.807, 2.05) is 60.7 Å². The molecule has 7 nitrogen and oxygen atoms in total. The quantitative estimate of drug-likeness (QED) is 0.303. The normalized spacial score (nSPS) is 11.5. The van der Waals surface area contributed by atoms with Gasteiger partial charge in [-0.25, -0.2) is 4.79 Å². The van der Waals surface area contributed by atoms with Crippen molar-refractivity contribution in [1.82, 2.24) is 4.90 Å². The maximum Gasteiger partial charge on any atom is 0.349 e. The van der Waals surface area contributed by atoms with Crippen molar-refractivity contribution in [2.75, 3.05) is 0 Å². The second-order valence-electron chi connectivity index (χ2n) is 6.61. The Morgan fingerprint density at radius 1 is 0.967 bits per heavy atom. The second kappa shape index (κ2) is 9.80. The van der Waals surface area contributed by atoms with E-state index in [2.05, 4.69) is 0 Å². The summed E-state index contributed by atoms with van der Waals surface area (Å²) in [5.41, 5.74) is 1.91. The predicted molar refractivity (Wildman–Crippen MR) is 113 cm³/mol. The molecule has 0 aliphatic rings. The van der Waals surface area contributed by atoms with Gasteiger partial charge in [0.15, 0.2) is 6.10 Å². The Hall–Kier alpha value is -3.52. The molecule has 0 radical (unpaired) electrons. The number of thiophene rings is 1. The van der Waals surface area contributed by atoms with Gasteiger partial charge in [-0.2, -0.15) is 0 Å². The van der Waals surface area contributed by atoms with Crippen LogP contribution in [0, 0.1) is 10.1 Å². The summed E-state index contributed by atoms with van der Waals surface area (Å²) in [6.07, 6.45) is -1.04. The number of nitrogens with zero attached hydrogens (tertiary/aromatic N) is 2. The molecule has 0 fully saturated rings. The molecule has 0 aliphatic carbocycles. The molecule has 0 saturated carbocycles. The zero-order valence-corrected chi connectivity index (χ0v) is 17.1. The number of esters is 1. The molecule has 2 aromatic carbocycles. The van der Waals surface area contributed by atoms with Gasteiger partial charge in [-0.05, 0) is 24.1 Å². The van der Waals surface area contributed by atoms with Gasteiger partial charge >= 0.3 is 11.0 Å². The molecule has 30 heavy (non-hydrogen) atoms. The Morgan fingerprint density at radius 2 is 1.50 bits per heavy atom. The van der Waals surface area contributed by atoms with Gasteiger partial charge in [0, 0.05) is 19.2 Å². The summed E-state index contributed by atoms with van der Waals surface area (Å²) >= 11 is 0.718. The molecule has 0 spiro atoms. The van der Waals surface area contributed by atoms with Crippen LogP contribution in [0.3, 0.4) is 0 Å². The molecular weight excluding hydrogens is 404 g/mol. The topological polar surface area (TPSA) is 89.7 Å². The van der Waals surface area contributed by atoms with Crippen LogP contribution in [0.5, 0.6) is 0 Å². The van der Waals surface area contributed by atoms with Crippen LogP contribution < -0.4 is 0 Å². The monoisotopic (exact) mass is 424 g/mol. The van der Waals surface area contributed by atoms with Gasteiger partial charge in [-0.15, -0.1) is 0 Å². The first-order chi connectivity index (χ1) is 14.4. The number of benzene rings is 2. The number of amides is 1. The standard InChI is InChI=1S/C22H20N2O5S/c1-16(29-22(26)19-12-13-20(30-19)24(27)28)21(25)23(14-17-8-4-2-5-9-17)15-18-10-6-3-7-11-18/h2-13,16H,14-15H2,1H3/t16-/m1/s1. The molecular formula is C22H20N2O5S. The number of ether oxygens (including phenoxy) is 1. The van der Waals surface area contributed by atoms with Crippen LogP contribution in [0.4, 0.5) is 5.00 Å². The first-order valence-electron chi connectivity index (χ1n) is 9.26. The van der Waals surface area contributed by atoms with Crippen molar-refractivity contribution in [1.29, 1.82) is 0 Å². The Bertz CT molecular complexity index is 979. The van der Waals surface area contributed by atoms with E-state index in [1.54, 1.807) is 4.90 Å². The zero-order valence-electron chi connectivity index (χ0n) is 16.3. The van der Waals surface area contributed by atoms with Crippen LogP contribution in [0.15, 0.2) is 72.8 Å². The zero-order chi connectivity index (χ0) is 21.5. The van der Waals surface area contributed by atoms with E-state index in [-0.39, 0.29) is 15.8 Å². The third-order valence-corrected chi connectivity index (χ3v) is 5.37. The van der Waals surface area contributed by atoms with E-state index in [0.29, 0.717) is 13.1 Å². The fourth-order valence-electron chi connectivity index (χ4n) is 2.88. The lowest BCUT2D eigenvalue weighted by atomic mass is 10.1. The molecule has 1 atom stereocenters. The maximum absolute atomic E-state index is 13.1. The van der Waals surface area contributed by atoms with Crippen molar-refractivity contribution in [3.63, 3.8) is 0 Å². The van der Waals surface area contributed by atoms with Gasteiger partial charge in [-0.1, -0.05) is 72.0 Å². The summed E-state index contributed by atoms with van der Waals surface area (Å²) in [4.78, 5) is 37.3. The molecule has 1 amide bonds. The molecule has 8 heteroatoms. The number of carbonyl (C=O) groups is 2. The van der Waals surface area contributed by atoms with Gasteiger partial charge in [0.2, 0.25) is 0 Å². The van der Waals surface area contributed by atoms with Gasteiger partial charge in [0.25, 0.3) is 5.91 Å². The highest BCUT2D eigenvalue weighted by Gasteiger charge is 2.26. The third kappa shape index (κ3) is 5.51. The molecule has 0 unspecified atom stereocenters. The van der Waals surface area contributed by atoms with Crippen LogP contribution in [0.25, 0.3) is 0 Å². The van der Waals surface area contributed by atoms with E-state index in [9.17, 15) is 19.7 Å². The summed E-state index contributed by atoms with van der Waals surface area (Å²) in [6.45, 7) is 2.23. The molecule has 1 heterocycles. The highest BCUT2D eigenvalue weighted by molar-refractivity contribution is 7.17. The largest absolute Gasteiger partial charge is 0.448 e. The fourth-order valence-corrected chi connectivity index (χ4v) is 3.58. The predicted octanol–water partition coefficient (Wildman–Crippen LogP) is 4.43. The third-order valence-electron chi connectivity index (χ3n) is 4.35. The van der Waals surface area contributed by atoms with Crippen LogP contribution in [0.2, 0.25) is 0 Å². The fraction of sp³-hybridized carbons (Fsp3) is 0.182. The van der Waals surface area contributed by atoms with Crippen molar-refractivity contribution < 1.29 is 19.2 Å². The molecule has 3 rings (SSSR count). The lowest BCUT2D eigenvalue weighted by Gasteiger charge is -2.26. The van der Waals surface area contributed by atoms with Gasteiger partial charge < -0.3 is 9.64 Å². The van der Waals surface area contributed by atoms with Crippen LogP contribution >= 0.6 is 11.3 Å². The van der Waals surface area contributed by atoms with Gasteiger partial charge in [0.1, 0.15) is 4.88 Å². The molecule has 3 aromatic rings. The highest BCUT2D eigenvalue weighted by atomic mass is 32.1. The SMILES string of the molecule is C[C@@H](OC(=O)c1ccc([N+](=O)[O-])s1)C(=O)N(Cc1ccccc1)Cc1ccccc1. The minimum atomic E-state index is -1.04. The van der Waals surface area contributed by atoms with E-state index in [1.165, 1.54) is 19.1 Å². The summed E-state index contributed by atoms with van der Waals surface area (Å²) < 4.78 is 5.31. The van der Waals surface area contributed by atoms with Crippen molar-refractivity contribution in [2.45, 2.75) is 26.1 Å². The maximum atomic E-state index is 13.1. The Morgan fingerprint density at radius 3 is 1.97 bits per heavy atom. The average Bonchev–Trinajstić information content (AvgIpc) is 3.25. The molecule has 0 saturated heterocycles. The van der Waals surface area contributed by atoms with Crippen molar-refractivity contribution in [3.8, 4) is 0 Å². The smallest absolute Gasteiger partial charge is 0.349 e. The lowest BCUT2D eigenvalue weighted by molar-refractivity contribution is -0.380. The number of carbonyl (C=O) groups excluding carboxylic acids is 2. The Balaban J connectivity index is 1.73. The minimum absolute atomic E-state index is 0.0824. The lowest BCUT2D eigenvalue weighted by Crippen LogP contribution is -2.39. The molecule has 0 N–H and O–H groups in total. The Kier molecular flexibility index (Phi) is 6.92. The summed E-state index contributed by atoms with van der Waals surface area (Å²) in [5.74, 6) is -1.10. The Labute approximate surface area is 177 Å². The first-order valence-corrected chi connectivity index (χ1v) is 10.1. The van der Waals surface area contributed by atoms with Gasteiger partial charge in [-0.3, -0.25) is 14.9 Å². The van der Waals surface area contributed by atoms with E-state index in [0.717, 1.165) is 22.5 Å².